The second kappa shape index (κ2) is 3.69. The molecular weight excluding hydrogens is 186 g/mol. The van der Waals surface area contributed by atoms with Gasteiger partial charge in [-0.3, -0.25) is 4.79 Å². The Labute approximate surface area is 90.9 Å². The molecule has 0 aliphatic carbocycles. The summed E-state index contributed by atoms with van der Waals surface area (Å²) in [6, 6.07) is 6.22. The Kier molecular flexibility index (Phi) is 2.51. The number of hydrogen-bond donors (Lipinski definition) is 0. The van der Waals surface area contributed by atoms with Crippen molar-refractivity contribution in [1.82, 2.24) is 4.90 Å². The van der Waals surface area contributed by atoms with Crippen LogP contribution in [0.1, 0.15) is 41.3 Å². The average molecular weight is 203 g/mol. The number of carbonyl (C=O) groups is 1. The molecule has 1 unspecified atom stereocenters. The molecule has 0 N–H and O–H groups in total. The molecule has 0 saturated heterocycles. The molecule has 1 heterocycles. The quantitative estimate of drug-likeness (QED) is 0.686. The number of hydrogen-bond acceptors (Lipinski definition) is 1. The van der Waals surface area contributed by atoms with Crippen molar-refractivity contribution in [2.45, 2.75) is 26.2 Å². The van der Waals surface area contributed by atoms with Gasteiger partial charge in [0.2, 0.25) is 0 Å². The topological polar surface area (TPSA) is 20.3 Å². The minimum absolute atomic E-state index is 0.158. The maximum atomic E-state index is 11.9. The molecule has 0 aromatic heterocycles. The summed E-state index contributed by atoms with van der Waals surface area (Å²) in [4.78, 5) is 13.7. The zero-order valence-electron chi connectivity index (χ0n) is 9.58. The van der Waals surface area contributed by atoms with Crippen molar-refractivity contribution in [3.05, 3.63) is 34.9 Å². The molecule has 0 spiro atoms. The summed E-state index contributed by atoms with van der Waals surface area (Å²) in [5.74, 6) is 0.611. The van der Waals surface area contributed by atoms with E-state index in [9.17, 15) is 4.79 Å². The van der Waals surface area contributed by atoms with Gasteiger partial charge in [0.25, 0.3) is 5.91 Å². The Morgan fingerprint density at radius 1 is 1.47 bits per heavy atom. The van der Waals surface area contributed by atoms with Gasteiger partial charge in [-0.2, -0.15) is 0 Å². The van der Waals surface area contributed by atoms with Crippen LogP contribution in [-0.4, -0.2) is 24.4 Å². The Hall–Kier alpha value is -1.31. The van der Waals surface area contributed by atoms with Crippen LogP contribution in [0.25, 0.3) is 0 Å². The molecule has 1 aromatic rings. The second-order valence-corrected chi connectivity index (χ2v) is 4.36. The molecule has 15 heavy (non-hydrogen) atoms. The van der Waals surface area contributed by atoms with Gasteiger partial charge in [0.1, 0.15) is 0 Å². The molecule has 80 valence electrons. The average Bonchev–Trinajstić information content (AvgIpc) is 2.25. The van der Waals surface area contributed by atoms with Crippen molar-refractivity contribution in [2.24, 2.45) is 0 Å². The molecule has 2 heteroatoms. The van der Waals surface area contributed by atoms with Crippen molar-refractivity contribution < 1.29 is 4.79 Å². The SMILES string of the molecule is CCc1ccc2c(c1)C(C)CN(C)C2=O. The third-order valence-corrected chi connectivity index (χ3v) is 3.18. The van der Waals surface area contributed by atoms with Gasteiger partial charge in [0.05, 0.1) is 0 Å². The van der Waals surface area contributed by atoms with Gasteiger partial charge in [-0.05, 0) is 29.5 Å². The third-order valence-electron chi connectivity index (χ3n) is 3.18. The van der Waals surface area contributed by atoms with Crippen LogP contribution in [0.2, 0.25) is 0 Å². The van der Waals surface area contributed by atoms with Gasteiger partial charge in [-0.1, -0.05) is 26.0 Å². The summed E-state index contributed by atoms with van der Waals surface area (Å²) in [6.45, 7) is 5.16. The minimum atomic E-state index is 0.158. The van der Waals surface area contributed by atoms with Crippen molar-refractivity contribution in [3.63, 3.8) is 0 Å². The van der Waals surface area contributed by atoms with E-state index in [2.05, 4.69) is 26.0 Å². The fraction of sp³-hybridized carbons (Fsp3) is 0.462. The molecule has 0 fully saturated rings. The molecule has 1 atom stereocenters. The predicted molar refractivity (Wildman–Crippen MR) is 61.2 cm³/mol. The number of aryl methyl sites for hydroxylation is 1. The highest BCUT2D eigenvalue weighted by Gasteiger charge is 2.26. The van der Waals surface area contributed by atoms with Crippen molar-refractivity contribution in [1.29, 1.82) is 0 Å². The normalized spacial score (nSPS) is 20.3. The standard InChI is InChI=1S/C13H17NO/c1-4-10-5-6-11-12(7-10)9(2)8-14(3)13(11)15/h5-7,9H,4,8H2,1-3H3. The first-order valence-electron chi connectivity index (χ1n) is 5.51. The van der Waals surface area contributed by atoms with E-state index in [-0.39, 0.29) is 5.91 Å². The first kappa shape index (κ1) is 10.2. The molecule has 2 rings (SSSR count). The summed E-state index contributed by atoms with van der Waals surface area (Å²) < 4.78 is 0. The van der Waals surface area contributed by atoms with Crippen molar-refractivity contribution in [3.8, 4) is 0 Å². The lowest BCUT2D eigenvalue weighted by molar-refractivity contribution is 0.0768. The van der Waals surface area contributed by atoms with E-state index in [0.717, 1.165) is 18.5 Å². The maximum absolute atomic E-state index is 11.9. The van der Waals surface area contributed by atoms with Crippen LogP contribution in [0.3, 0.4) is 0 Å². The molecule has 0 saturated carbocycles. The highest BCUT2D eigenvalue weighted by molar-refractivity contribution is 5.97. The highest BCUT2D eigenvalue weighted by atomic mass is 16.2. The number of likely N-dealkylation sites (N-methyl/N-ethyl adjacent to an activating group) is 1. The summed E-state index contributed by atoms with van der Waals surface area (Å²) >= 11 is 0. The van der Waals surface area contributed by atoms with Gasteiger partial charge in [0, 0.05) is 19.2 Å². The first-order valence-corrected chi connectivity index (χ1v) is 5.51. The lowest BCUT2D eigenvalue weighted by Crippen LogP contribution is -2.36. The highest BCUT2D eigenvalue weighted by Crippen LogP contribution is 2.28. The van der Waals surface area contributed by atoms with Gasteiger partial charge in [-0.25, -0.2) is 0 Å². The molecule has 1 aliphatic rings. The third kappa shape index (κ3) is 1.65. The van der Waals surface area contributed by atoms with Crippen LogP contribution in [0.5, 0.6) is 0 Å². The van der Waals surface area contributed by atoms with Gasteiger partial charge in [0.15, 0.2) is 0 Å². The summed E-state index contributed by atoms with van der Waals surface area (Å²) in [5, 5.41) is 0. The van der Waals surface area contributed by atoms with E-state index in [0.29, 0.717) is 5.92 Å². The van der Waals surface area contributed by atoms with Crippen LogP contribution in [0.4, 0.5) is 0 Å². The number of amides is 1. The van der Waals surface area contributed by atoms with E-state index in [4.69, 9.17) is 0 Å². The molecule has 1 aliphatic heterocycles. The fourth-order valence-electron chi connectivity index (χ4n) is 2.23. The lowest BCUT2D eigenvalue weighted by Gasteiger charge is -2.30. The zero-order valence-corrected chi connectivity index (χ0v) is 9.58. The molecule has 0 bridgehead atoms. The Morgan fingerprint density at radius 3 is 2.87 bits per heavy atom. The predicted octanol–water partition coefficient (Wildman–Crippen LogP) is 2.44. The van der Waals surface area contributed by atoms with Crippen molar-refractivity contribution >= 4 is 5.91 Å². The monoisotopic (exact) mass is 203 g/mol. The maximum Gasteiger partial charge on any atom is 0.253 e. The lowest BCUT2D eigenvalue weighted by atomic mass is 9.89. The largest absolute Gasteiger partial charge is 0.341 e. The second-order valence-electron chi connectivity index (χ2n) is 4.36. The van der Waals surface area contributed by atoms with Gasteiger partial charge < -0.3 is 4.90 Å². The van der Waals surface area contributed by atoms with Gasteiger partial charge >= 0.3 is 0 Å². The van der Waals surface area contributed by atoms with Crippen LogP contribution in [-0.2, 0) is 6.42 Å². The van der Waals surface area contributed by atoms with E-state index >= 15 is 0 Å². The van der Waals surface area contributed by atoms with E-state index in [1.165, 1.54) is 11.1 Å². The van der Waals surface area contributed by atoms with Crippen molar-refractivity contribution in [2.75, 3.05) is 13.6 Å². The van der Waals surface area contributed by atoms with E-state index < -0.39 is 0 Å². The molecule has 1 aromatic carbocycles. The van der Waals surface area contributed by atoms with Crippen LogP contribution < -0.4 is 0 Å². The number of benzene rings is 1. The number of carbonyl (C=O) groups excluding carboxylic acids is 1. The minimum Gasteiger partial charge on any atom is -0.341 e. The van der Waals surface area contributed by atoms with Crippen LogP contribution in [0, 0.1) is 0 Å². The van der Waals surface area contributed by atoms with Gasteiger partial charge in [-0.15, -0.1) is 0 Å². The smallest absolute Gasteiger partial charge is 0.253 e. The fourth-order valence-corrected chi connectivity index (χ4v) is 2.23. The van der Waals surface area contributed by atoms with Crippen LogP contribution in [0.15, 0.2) is 18.2 Å². The molecule has 2 nitrogen and oxygen atoms in total. The number of nitrogens with zero attached hydrogens (tertiary/aromatic N) is 1. The number of fused-ring (bicyclic) bond motifs is 1. The molecule has 0 radical (unpaired) electrons. The van der Waals surface area contributed by atoms with Crippen LogP contribution >= 0.6 is 0 Å². The zero-order chi connectivity index (χ0) is 11.0. The Bertz CT molecular complexity index is 398. The summed E-state index contributed by atoms with van der Waals surface area (Å²) in [6.07, 6.45) is 1.03. The molecular formula is C13H17NO. The van der Waals surface area contributed by atoms with E-state index in [1.807, 2.05) is 13.1 Å². The Balaban J connectivity index is 2.51. The molecule has 1 amide bonds. The first-order chi connectivity index (χ1) is 7.13. The Morgan fingerprint density at radius 2 is 2.20 bits per heavy atom. The van der Waals surface area contributed by atoms with E-state index in [1.54, 1.807) is 4.90 Å². The summed E-state index contributed by atoms with van der Waals surface area (Å²) in [7, 11) is 1.87. The number of rotatable bonds is 1. The summed E-state index contributed by atoms with van der Waals surface area (Å²) in [5.41, 5.74) is 3.42.